The zero-order valence-corrected chi connectivity index (χ0v) is 17.6. The molecule has 1 aliphatic carbocycles. The van der Waals surface area contributed by atoms with Gasteiger partial charge in [-0.15, -0.1) is 0 Å². The molecular formula is C24H23N5O4. The highest BCUT2D eigenvalue weighted by Gasteiger charge is 2.36. The van der Waals surface area contributed by atoms with E-state index in [1.54, 1.807) is 10.9 Å². The zero-order valence-electron chi connectivity index (χ0n) is 17.6. The largest absolute Gasteiger partial charge is 0.394 e. The summed E-state index contributed by atoms with van der Waals surface area (Å²) in [6.07, 6.45) is 0.704. The maximum absolute atomic E-state index is 11.3. The van der Waals surface area contributed by atoms with Gasteiger partial charge in [0.2, 0.25) is 0 Å². The van der Waals surface area contributed by atoms with Crippen LogP contribution in [0, 0.1) is 0 Å². The molecule has 2 aromatic carbocycles. The molecule has 4 aromatic rings. The number of rotatable bonds is 4. The molecule has 2 aliphatic rings. The summed E-state index contributed by atoms with van der Waals surface area (Å²) in [5.74, 6) is 0.495. The average Bonchev–Trinajstić information content (AvgIpc) is 3.45. The molecular weight excluding hydrogens is 422 g/mol. The Hall–Kier alpha value is -3.37. The first-order chi connectivity index (χ1) is 16.2. The van der Waals surface area contributed by atoms with Gasteiger partial charge in [0.15, 0.2) is 17.0 Å². The van der Waals surface area contributed by atoms with Crippen LogP contribution in [-0.2, 0) is 4.74 Å². The van der Waals surface area contributed by atoms with Gasteiger partial charge in [0.05, 0.1) is 25.1 Å². The van der Waals surface area contributed by atoms with Gasteiger partial charge in [0.25, 0.3) is 0 Å². The van der Waals surface area contributed by atoms with E-state index >= 15 is 0 Å². The highest BCUT2D eigenvalue weighted by molar-refractivity contribution is 5.84. The second-order valence-electron chi connectivity index (χ2n) is 8.40. The topological polar surface area (TPSA) is 126 Å². The van der Waals surface area contributed by atoms with Gasteiger partial charge in [-0.3, -0.25) is 4.57 Å². The van der Waals surface area contributed by atoms with E-state index in [1.807, 2.05) is 42.5 Å². The van der Waals surface area contributed by atoms with Crippen LogP contribution < -0.4 is 5.32 Å². The number of aromatic nitrogens is 4. The van der Waals surface area contributed by atoms with Gasteiger partial charge in [0, 0.05) is 6.42 Å². The SMILES string of the molecule is OC[C@H]1O[C@@H](n2cnc3c(N[C@H]4c5ccccc5-c5ccccc5[C@@H]4O)ncnc32)C[C@@H]1O. The van der Waals surface area contributed by atoms with Crippen molar-refractivity contribution < 1.29 is 20.1 Å². The van der Waals surface area contributed by atoms with Crippen LogP contribution in [-0.4, -0.2) is 53.7 Å². The summed E-state index contributed by atoms with van der Waals surface area (Å²) < 4.78 is 7.51. The molecule has 1 saturated heterocycles. The molecule has 5 atom stereocenters. The van der Waals surface area contributed by atoms with E-state index in [1.165, 1.54) is 6.33 Å². The van der Waals surface area contributed by atoms with E-state index in [2.05, 4.69) is 26.3 Å². The van der Waals surface area contributed by atoms with Crippen LogP contribution >= 0.6 is 0 Å². The standard InChI is InChI=1S/C24H23N5O4/c30-10-18-17(31)9-19(33-18)29-12-27-21-23(25-11-26-24(21)29)28-20-15-7-3-1-5-13(15)14-6-2-4-8-16(14)22(20)32/h1-8,11-12,17-20,22,30-32H,9-10H2,(H,25,26,28)/t17-,18+,19+,20-,22-/m0/s1. The van der Waals surface area contributed by atoms with Crippen molar-refractivity contribution in [3.63, 3.8) is 0 Å². The number of hydrogen-bond acceptors (Lipinski definition) is 8. The van der Waals surface area contributed by atoms with Crippen LogP contribution in [0.5, 0.6) is 0 Å². The Morgan fingerprint density at radius 1 is 0.970 bits per heavy atom. The minimum atomic E-state index is -0.776. The van der Waals surface area contributed by atoms with Crippen LogP contribution in [0.25, 0.3) is 22.3 Å². The third kappa shape index (κ3) is 3.20. The number of imidazole rings is 1. The molecule has 1 fully saturated rings. The average molecular weight is 445 g/mol. The lowest BCUT2D eigenvalue weighted by Gasteiger charge is -2.33. The molecule has 9 heteroatoms. The van der Waals surface area contributed by atoms with Gasteiger partial charge in [-0.2, -0.15) is 0 Å². The summed E-state index contributed by atoms with van der Waals surface area (Å²) in [7, 11) is 0. The van der Waals surface area contributed by atoms with E-state index in [9.17, 15) is 15.3 Å². The molecule has 0 amide bonds. The predicted octanol–water partition coefficient (Wildman–Crippen LogP) is 2.33. The summed E-state index contributed by atoms with van der Waals surface area (Å²) in [5.41, 5.74) is 4.99. The van der Waals surface area contributed by atoms with Gasteiger partial charge < -0.3 is 25.4 Å². The number of benzene rings is 2. The fourth-order valence-electron chi connectivity index (χ4n) is 4.89. The minimum Gasteiger partial charge on any atom is -0.394 e. The van der Waals surface area contributed by atoms with Gasteiger partial charge >= 0.3 is 0 Å². The van der Waals surface area contributed by atoms with Gasteiger partial charge in [0.1, 0.15) is 24.8 Å². The van der Waals surface area contributed by atoms with Crippen molar-refractivity contribution in [3.8, 4) is 11.1 Å². The lowest BCUT2D eigenvalue weighted by molar-refractivity contribution is -0.0432. The lowest BCUT2D eigenvalue weighted by Crippen LogP contribution is -2.24. The molecule has 1 aliphatic heterocycles. The van der Waals surface area contributed by atoms with Crippen LogP contribution in [0.15, 0.2) is 61.2 Å². The molecule has 2 aromatic heterocycles. The second-order valence-corrected chi connectivity index (χ2v) is 8.40. The van der Waals surface area contributed by atoms with E-state index in [0.29, 0.717) is 23.4 Å². The zero-order chi connectivity index (χ0) is 22.5. The Bertz CT molecular complexity index is 1330. The van der Waals surface area contributed by atoms with E-state index < -0.39 is 30.6 Å². The number of nitrogens with zero attached hydrogens (tertiary/aromatic N) is 4. The summed E-state index contributed by atoms with van der Waals surface area (Å²) in [4.78, 5) is 13.3. The van der Waals surface area contributed by atoms with Crippen LogP contribution in [0.3, 0.4) is 0 Å². The highest BCUT2D eigenvalue weighted by atomic mass is 16.5. The number of aliphatic hydroxyl groups is 3. The van der Waals surface area contributed by atoms with Gasteiger partial charge in [-0.25, -0.2) is 15.0 Å². The quantitative estimate of drug-likeness (QED) is 0.377. The molecule has 0 unspecified atom stereocenters. The summed E-state index contributed by atoms with van der Waals surface area (Å²) in [6.45, 7) is -0.257. The minimum absolute atomic E-state index is 0.257. The fourth-order valence-corrected chi connectivity index (χ4v) is 4.89. The number of aliphatic hydroxyl groups excluding tert-OH is 3. The third-order valence-corrected chi connectivity index (χ3v) is 6.53. The molecule has 6 rings (SSSR count). The molecule has 0 radical (unpaired) electrons. The van der Waals surface area contributed by atoms with Crippen molar-refractivity contribution in [2.24, 2.45) is 0 Å². The Morgan fingerprint density at radius 2 is 1.70 bits per heavy atom. The van der Waals surface area contributed by atoms with Crippen molar-refractivity contribution in [1.29, 1.82) is 0 Å². The highest BCUT2D eigenvalue weighted by Crippen LogP contribution is 2.45. The van der Waals surface area contributed by atoms with E-state index in [4.69, 9.17) is 4.74 Å². The van der Waals surface area contributed by atoms with Gasteiger partial charge in [-0.05, 0) is 22.3 Å². The second kappa shape index (κ2) is 7.89. The fraction of sp³-hybridized carbons (Fsp3) is 0.292. The van der Waals surface area contributed by atoms with E-state index in [0.717, 1.165) is 22.3 Å². The predicted molar refractivity (Wildman–Crippen MR) is 120 cm³/mol. The summed E-state index contributed by atoms with van der Waals surface area (Å²) in [6, 6.07) is 15.4. The van der Waals surface area contributed by atoms with Crippen LogP contribution in [0.1, 0.15) is 35.9 Å². The smallest absolute Gasteiger partial charge is 0.167 e. The molecule has 9 nitrogen and oxygen atoms in total. The lowest BCUT2D eigenvalue weighted by atomic mass is 9.80. The molecule has 0 saturated carbocycles. The number of ether oxygens (including phenoxy) is 1. The van der Waals surface area contributed by atoms with Crippen LogP contribution in [0.4, 0.5) is 5.82 Å². The number of nitrogens with one attached hydrogen (secondary N) is 1. The van der Waals surface area contributed by atoms with Crippen molar-refractivity contribution in [3.05, 3.63) is 72.3 Å². The first-order valence-electron chi connectivity index (χ1n) is 10.9. The Morgan fingerprint density at radius 3 is 2.45 bits per heavy atom. The van der Waals surface area contributed by atoms with E-state index in [-0.39, 0.29) is 6.61 Å². The maximum Gasteiger partial charge on any atom is 0.167 e. The first kappa shape index (κ1) is 20.3. The Balaban J connectivity index is 1.38. The molecule has 0 bridgehead atoms. The summed E-state index contributed by atoms with van der Waals surface area (Å²) >= 11 is 0. The number of hydrogen-bond donors (Lipinski definition) is 4. The van der Waals surface area contributed by atoms with Gasteiger partial charge in [-0.1, -0.05) is 48.5 Å². The summed E-state index contributed by atoms with van der Waals surface area (Å²) in [5, 5.41) is 34.2. The number of anilines is 1. The number of fused-ring (bicyclic) bond motifs is 4. The molecule has 0 spiro atoms. The normalized spacial score (nSPS) is 26.2. The molecule has 33 heavy (non-hydrogen) atoms. The van der Waals surface area contributed by atoms with Crippen molar-refractivity contribution in [2.75, 3.05) is 11.9 Å². The third-order valence-electron chi connectivity index (χ3n) is 6.53. The molecule has 3 heterocycles. The van der Waals surface area contributed by atoms with Crippen molar-refractivity contribution in [2.45, 2.75) is 37.0 Å². The first-order valence-corrected chi connectivity index (χ1v) is 10.9. The van der Waals surface area contributed by atoms with Crippen LogP contribution in [0.2, 0.25) is 0 Å². The van der Waals surface area contributed by atoms with Crippen molar-refractivity contribution >= 4 is 17.0 Å². The monoisotopic (exact) mass is 445 g/mol. The Kier molecular flexibility index (Phi) is 4.84. The Labute approximate surface area is 189 Å². The molecule has 168 valence electrons. The maximum atomic E-state index is 11.3. The molecule has 4 N–H and O–H groups in total. The van der Waals surface area contributed by atoms with Crippen molar-refractivity contribution in [1.82, 2.24) is 19.5 Å².